The second-order valence-corrected chi connectivity index (χ2v) is 8.93. The number of carbonyl (C=O) groups is 1. The van der Waals surface area contributed by atoms with Gasteiger partial charge in [-0.3, -0.25) is 4.79 Å². The fourth-order valence-electron chi connectivity index (χ4n) is 5.53. The van der Waals surface area contributed by atoms with E-state index in [1.807, 2.05) is 23.1 Å². The molecule has 0 aromatic heterocycles. The molecule has 1 atom stereocenters. The number of hydrogen-bond donors (Lipinski definition) is 0. The topological polar surface area (TPSA) is 42.0 Å². The van der Waals surface area contributed by atoms with Crippen LogP contribution < -0.4 is 14.4 Å². The van der Waals surface area contributed by atoms with Crippen molar-refractivity contribution in [3.8, 4) is 11.5 Å². The first-order valence-electron chi connectivity index (χ1n) is 10.7. The molecule has 0 bridgehead atoms. The van der Waals surface area contributed by atoms with Crippen LogP contribution in [0.15, 0.2) is 36.4 Å². The van der Waals surface area contributed by atoms with Crippen LogP contribution in [0.25, 0.3) is 0 Å². The van der Waals surface area contributed by atoms with E-state index in [4.69, 9.17) is 9.47 Å². The Morgan fingerprint density at radius 2 is 1.90 bits per heavy atom. The van der Waals surface area contributed by atoms with Crippen LogP contribution in [0.5, 0.6) is 11.5 Å². The number of nitrogens with zero attached hydrogens (tertiary/aromatic N) is 2. The Bertz CT molecular complexity index is 996. The van der Waals surface area contributed by atoms with Crippen LogP contribution in [0.1, 0.15) is 29.5 Å². The number of amides is 1. The summed E-state index contributed by atoms with van der Waals surface area (Å²) in [6.45, 7) is 4.10. The number of anilines is 1. The summed E-state index contributed by atoms with van der Waals surface area (Å²) in [7, 11) is 2.18. The molecule has 0 N–H and O–H groups in total. The Kier molecular flexibility index (Phi) is 3.73. The number of hydrogen-bond acceptors (Lipinski definition) is 4. The van der Waals surface area contributed by atoms with Gasteiger partial charge in [-0.2, -0.15) is 0 Å². The maximum Gasteiger partial charge on any atom is 0.245 e. The van der Waals surface area contributed by atoms with E-state index in [9.17, 15) is 4.79 Å². The number of ether oxygens (including phenoxy) is 2. The van der Waals surface area contributed by atoms with Gasteiger partial charge in [-0.1, -0.05) is 18.2 Å². The zero-order valence-corrected chi connectivity index (χ0v) is 16.8. The second-order valence-electron chi connectivity index (χ2n) is 8.93. The van der Waals surface area contributed by atoms with E-state index in [0.717, 1.165) is 67.2 Å². The molecule has 5 heteroatoms. The molecule has 0 radical (unpaired) electrons. The average molecular weight is 390 g/mol. The molecule has 4 heterocycles. The third kappa shape index (κ3) is 2.40. The van der Waals surface area contributed by atoms with Crippen molar-refractivity contribution < 1.29 is 14.3 Å². The number of carbonyl (C=O) groups excluding carboxylic acids is 1. The van der Waals surface area contributed by atoms with Gasteiger partial charge in [-0.25, -0.2) is 0 Å². The van der Waals surface area contributed by atoms with E-state index in [2.05, 4.69) is 30.1 Å². The number of rotatable bonds is 2. The van der Waals surface area contributed by atoms with Crippen LogP contribution in [0.2, 0.25) is 0 Å². The molecule has 1 fully saturated rings. The van der Waals surface area contributed by atoms with Gasteiger partial charge in [-0.15, -0.1) is 0 Å². The predicted octanol–water partition coefficient (Wildman–Crippen LogP) is 2.99. The van der Waals surface area contributed by atoms with E-state index >= 15 is 0 Å². The zero-order valence-electron chi connectivity index (χ0n) is 16.8. The maximum atomic E-state index is 14.0. The van der Waals surface area contributed by atoms with Crippen molar-refractivity contribution in [1.82, 2.24) is 4.90 Å². The molecule has 6 rings (SSSR count). The quantitative estimate of drug-likeness (QED) is 0.791. The molecule has 1 spiro atoms. The largest absolute Gasteiger partial charge is 0.493 e. The van der Waals surface area contributed by atoms with Crippen molar-refractivity contribution in [1.29, 1.82) is 0 Å². The SMILES string of the molecule is CN1CCC(CN2C(=O)C3(COc4cc5c(cc43)CCO5)c3ccccc32)CC1. The molecule has 1 amide bonds. The van der Waals surface area contributed by atoms with Crippen LogP contribution in [0, 0.1) is 5.92 Å². The summed E-state index contributed by atoms with van der Waals surface area (Å²) in [5, 5.41) is 0. The van der Waals surface area contributed by atoms with Gasteiger partial charge in [0, 0.05) is 30.3 Å². The third-order valence-electron chi connectivity index (χ3n) is 7.24. The minimum atomic E-state index is -0.713. The van der Waals surface area contributed by atoms with Crippen LogP contribution in [-0.4, -0.2) is 50.7 Å². The van der Waals surface area contributed by atoms with Gasteiger partial charge in [0.2, 0.25) is 5.91 Å². The molecule has 150 valence electrons. The van der Waals surface area contributed by atoms with Gasteiger partial charge in [0.1, 0.15) is 23.5 Å². The molecule has 0 aliphatic carbocycles. The maximum absolute atomic E-state index is 14.0. The molecule has 29 heavy (non-hydrogen) atoms. The standard InChI is InChI=1S/C24H26N2O3/c1-25-9-6-16(7-10-25)14-26-20-5-3-2-4-18(20)24(23(26)27)15-29-22-13-21-17(8-11-28-21)12-19(22)24/h2-5,12-13,16H,6-11,14-15H2,1H3. The highest BCUT2D eigenvalue weighted by Crippen LogP contribution is 2.54. The summed E-state index contributed by atoms with van der Waals surface area (Å²) in [5.41, 5.74) is 3.65. The monoisotopic (exact) mass is 390 g/mol. The number of para-hydroxylation sites is 1. The first-order valence-corrected chi connectivity index (χ1v) is 10.7. The lowest BCUT2D eigenvalue weighted by Crippen LogP contribution is -2.45. The Morgan fingerprint density at radius 1 is 1.07 bits per heavy atom. The molecular weight excluding hydrogens is 364 g/mol. The lowest BCUT2D eigenvalue weighted by atomic mass is 9.76. The molecule has 1 saturated heterocycles. The molecule has 2 aromatic rings. The smallest absolute Gasteiger partial charge is 0.245 e. The molecule has 1 unspecified atom stereocenters. The lowest BCUT2D eigenvalue weighted by molar-refractivity contribution is -0.122. The molecule has 4 aliphatic heterocycles. The molecule has 2 aromatic carbocycles. The van der Waals surface area contributed by atoms with Crippen LogP contribution >= 0.6 is 0 Å². The molecule has 5 nitrogen and oxygen atoms in total. The van der Waals surface area contributed by atoms with Crippen LogP contribution in [0.3, 0.4) is 0 Å². The van der Waals surface area contributed by atoms with Gasteiger partial charge < -0.3 is 19.3 Å². The highest BCUT2D eigenvalue weighted by Gasteiger charge is 2.57. The average Bonchev–Trinajstić information content (AvgIpc) is 3.41. The highest BCUT2D eigenvalue weighted by atomic mass is 16.5. The summed E-state index contributed by atoms with van der Waals surface area (Å²) in [5.74, 6) is 2.43. The van der Waals surface area contributed by atoms with Crippen molar-refractivity contribution in [2.24, 2.45) is 5.92 Å². The van der Waals surface area contributed by atoms with Gasteiger partial charge in [0.05, 0.1) is 6.61 Å². The number of likely N-dealkylation sites (tertiary alicyclic amines) is 1. The Labute approximate surface area is 171 Å². The Morgan fingerprint density at radius 3 is 2.76 bits per heavy atom. The third-order valence-corrected chi connectivity index (χ3v) is 7.24. The Hall–Kier alpha value is -2.53. The minimum absolute atomic E-state index is 0.176. The fraction of sp³-hybridized carbons (Fsp3) is 0.458. The van der Waals surface area contributed by atoms with E-state index in [1.54, 1.807) is 0 Å². The first-order chi connectivity index (χ1) is 14.2. The first kappa shape index (κ1) is 17.3. The van der Waals surface area contributed by atoms with Crippen molar-refractivity contribution >= 4 is 11.6 Å². The summed E-state index contributed by atoms with van der Waals surface area (Å²) in [6.07, 6.45) is 3.19. The van der Waals surface area contributed by atoms with Gasteiger partial charge >= 0.3 is 0 Å². The normalized spacial score (nSPS) is 25.7. The number of fused-ring (bicyclic) bond motifs is 5. The summed E-state index contributed by atoms with van der Waals surface area (Å²) >= 11 is 0. The number of piperidine rings is 1. The predicted molar refractivity (Wildman–Crippen MR) is 111 cm³/mol. The van der Waals surface area contributed by atoms with E-state index in [1.165, 1.54) is 5.56 Å². The summed E-state index contributed by atoms with van der Waals surface area (Å²) < 4.78 is 11.8. The van der Waals surface area contributed by atoms with Crippen molar-refractivity contribution in [2.45, 2.75) is 24.7 Å². The zero-order chi connectivity index (χ0) is 19.6. The van der Waals surface area contributed by atoms with Crippen LogP contribution in [0.4, 0.5) is 5.69 Å². The Balaban J connectivity index is 1.42. The molecule has 0 saturated carbocycles. The van der Waals surface area contributed by atoms with Crippen molar-refractivity contribution in [3.63, 3.8) is 0 Å². The second kappa shape index (κ2) is 6.23. The molecular formula is C24H26N2O3. The number of benzene rings is 2. The summed E-state index contributed by atoms with van der Waals surface area (Å²) in [6, 6.07) is 12.5. The summed E-state index contributed by atoms with van der Waals surface area (Å²) in [4.78, 5) is 18.4. The van der Waals surface area contributed by atoms with Crippen LogP contribution in [-0.2, 0) is 16.6 Å². The van der Waals surface area contributed by atoms with Crippen molar-refractivity contribution in [2.75, 3.05) is 44.8 Å². The van der Waals surface area contributed by atoms with Gasteiger partial charge in [0.15, 0.2) is 0 Å². The van der Waals surface area contributed by atoms with Gasteiger partial charge in [-0.05, 0) is 62.2 Å². The highest BCUT2D eigenvalue weighted by molar-refractivity contribution is 6.11. The molecule has 4 aliphatic rings. The van der Waals surface area contributed by atoms with Crippen molar-refractivity contribution in [3.05, 3.63) is 53.1 Å². The van der Waals surface area contributed by atoms with E-state index in [-0.39, 0.29) is 5.91 Å². The van der Waals surface area contributed by atoms with E-state index in [0.29, 0.717) is 19.1 Å². The lowest BCUT2D eigenvalue weighted by Gasteiger charge is -2.32. The fourth-order valence-corrected chi connectivity index (χ4v) is 5.53. The van der Waals surface area contributed by atoms with Gasteiger partial charge in [0.25, 0.3) is 0 Å². The minimum Gasteiger partial charge on any atom is -0.493 e. The van der Waals surface area contributed by atoms with E-state index < -0.39 is 5.41 Å².